The van der Waals surface area contributed by atoms with E-state index in [4.69, 9.17) is 5.11 Å². The molecular weight excluding hydrogens is 262 g/mol. The van der Waals surface area contributed by atoms with Gasteiger partial charge in [0.15, 0.2) is 0 Å². The minimum Gasteiger partial charge on any atom is -0.384 e. The molecule has 5 heteroatoms. The molecule has 0 heterocycles. The Hall–Kier alpha value is -1.35. The van der Waals surface area contributed by atoms with Gasteiger partial charge in [-0.3, -0.25) is 0 Å². The molecule has 1 aromatic rings. The maximum absolute atomic E-state index is 12.4. The summed E-state index contributed by atoms with van der Waals surface area (Å²) in [5, 5.41) is 8.67. The van der Waals surface area contributed by atoms with Crippen molar-refractivity contribution in [3.63, 3.8) is 0 Å². The molecule has 0 amide bonds. The van der Waals surface area contributed by atoms with Crippen LogP contribution < -0.4 is 0 Å². The zero-order valence-corrected chi connectivity index (χ0v) is 12.3. The minimum absolute atomic E-state index is 0.244. The normalized spacial score (nSPS) is 11.2. The highest BCUT2D eigenvalue weighted by molar-refractivity contribution is 7.89. The third-order valence-electron chi connectivity index (χ3n) is 2.73. The van der Waals surface area contributed by atoms with Gasteiger partial charge in [-0.1, -0.05) is 24.8 Å². The summed E-state index contributed by atoms with van der Waals surface area (Å²) in [5.74, 6) is 5.24. The number of sulfonamides is 1. The van der Waals surface area contributed by atoms with Crippen molar-refractivity contribution in [3.8, 4) is 11.8 Å². The van der Waals surface area contributed by atoms with Crippen molar-refractivity contribution in [2.24, 2.45) is 0 Å². The van der Waals surface area contributed by atoms with Crippen LogP contribution in [0.1, 0.15) is 24.5 Å². The van der Waals surface area contributed by atoms with Crippen molar-refractivity contribution in [3.05, 3.63) is 29.3 Å². The maximum Gasteiger partial charge on any atom is 0.243 e. The molecule has 4 nitrogen and oxygen atoms in total. The van der Waals surface area contributed by atoms with E-state index in [1.54, 1.807) is 32.2 Å². The van der Waals surface area contributed by atoms with Crippen LogP contribution >= 0.6 is 0 Å². The summed E-state index contributed by atoms with van der Waals surface area (Å²) in [4.78, 5) is 0.271. The van der Waals surface area contributed by atoms with Crippen LogP contribution in [-0.4, -0.2) is 38.0 Å². The van der Waals surface area contributed by atoms with Crippen molar-refractivity contribution in [2.45, 2.75) is 25.2 Å². The van der Waals surface area contributed by atoms with E-state index in [-0.39, 0.29) is 11.5 Å². The highest BCUT2D eigenvalue weighted by Gasteiger charge is 2.22. The standard InChI is InChI=1S/C14H19NO3S/c1-4-9-15(3)19(17,18)14-11-13(6-5-10-16)8-7-12(14)2/h7-8,11,16H,4,9-10H2,1-3H3. The van der Waals surface area contributed by atoms with Crippen LogP contribution in [0.2, 0.25) is 0 Å². The predicted molar refractivity (Wildman–Crippen MR) is 75.2 cm³/mol. The van der Waals surface area contributed by atoms with Gasteiger partial charge >= 0.3 is 0 Å². The second-order valence-corrected chi connectivity index (χ2v) is 6.28. The number of hydrogen-bond acceptors (Lipinski definition) is 3. The Kier molecular flexibility index (Phi) is 5.55. The van der Waals surface area contributed by atoms with Crippen LogP contribution in [0.4, 0.5) is 0 Å². The molecule has 1 N–H and O–H groups in total. The third-order valence-corrected chi connectivity index (χ3v) is 4.73. The van der Waals surface area contributed by atoms with Crippen molar-refractivity contribution in [1.29, 1.82) is 0 Å². The minimum atomic E-state index is -3.48. The van der Waals surface area contributed by atoms with E-state index in [0.29, 0.717) is 17.7 Å². The van der Waals surface area contributed by atoms with Crippen LogP contribution in [0.15, 0.2) is 23.1 Å². The van der Waals surface area contributed by atoms with Gasteiger partial charge in [0.1, 0.15) is 6.61 Å². The van der Waals surface area contributed by atoms with E-state index in [9.17, 15) is 8.42 Å². The Bertz CT molecular complexity index is 597. The fourth-order valence-electron chi connectivity index (χ4n) is 1.70. The van der Waals surface area contributed by atoms with E-state index < -0.39 is 10.0 Å². The highest BCUT2D eigenvalue weighted by Crippen LogP contribution is 2.20. The lowest BCUT2D eigenvalue weighted by atomic mass is 10.1. The number of aliphatic hydroxyl groups excluding tert-OH is 1. The number of hydrogen-bond donors (Lipinski definition) is 1. The SMILES string of the molecule is CCCN(C)S(=O)(=O)c1cc(C#CCO)ccc1C. The molecule has 1 rings (SSSR count). The zero-order chi connectivity index (χ0) is 14.5. The van der Waals surface area contributed by atoms with Crippen molar-refractivity contribution >= 4 is 10.0 Å². The molecule has 0 aliphatic rings. The lowest BCUT2D eigenvalue weighted by Gasteiger charge is -2.17. The molecule has 19 heavy (non-hydrogen) atoms. The fourth-order valence-corrected chi connectivity index (χ4v) is 3.21. The van der Waals surface area contributed by atoms with E-state index in [2.05, 4.69) is 11.8 Å². The summed E-state index contributed by atoms with van der Waals surface area (Å²) in [7, 11) is -1.90. The smallest absolute Gasteiger partial charge is 0.243 e. The Morgan fingerprint density at radius 2 is 2.05 bits per heavy atom. The van der Waals surface area contributed by atoms with Crippen LogP contribution in [0.3, 0.4) is 0 Å². The van der Waals surface area contributed by atoms with Gasteiger partial charge in [0.25, 0.3) is 0 Å². The van der Waals surface area contributed by atoms with Crippen LogP contribution in [0.25, 0.3) is 0 Å². The Balaban J connectivity index is 3.25. The predicted octanol–water partition coefficient (Wildman–Crippen LogP) is 1.37. The zero-order valence-electron chi connectivity index (χ0n) is 11.5. The van der Waals surface area contributed by atoms with E-state index >= 15 is 0 Å². The summed E-state index contributed by atoms with van der Waals surface area (Å²) in [6, 6.07) is 5.03. The summed E-state index contributed by atoms with van der Waals surface area (Å²) in [5.41, 5.74) is 1.28. The average Bonchev–Trinajstić information content (AvgIpc) is 2.37. The second-order valence-electron chi connectivity index (χ2n) is 4.27. The molecule has 0 bridgehead atoms. The lowest BCUT2D eigenvalue weighted by molar-refractivity contribution is 0.350. The fraction of sp³-hybridized carbons (Fsp3) is 0.429. The first-order valence-corrected chi connectivity index (χ1v) is 7.54. The molecule has 0 atom stereocenters. The topological polar surface area (TPSA) is 57.6 Å². The third kappa shape index (κ3) is 3.80. The molecule has 0 spiro atoms. The number of rotatable bonds is 4. The van der Waals surface area contributed by atoms with E-state index in [1.807, 2.05) is 6.92 Å². The maximum atomic E-state index is 12.4. The summed E-state index contributed by atoms with van der Waals surface area (Å²) >= 11 is 0. The van der Waals surface area contributed by atoms with Gasteiger partial charge in [-0.15, -0.1) is 0 Å². The van der Waals surface area contributed by atoms with Gasteiger partial charge in [0, 0.05) is 19.2 Å². The number of aliphatic hydroxyl groups is 1. The van der Waals surface area contributed by atoms with Crippen molar-refractivity contribution in [2.75, 3.05) is 20.2 Å². The van der Waals surface area contributed by atoms with Crippen LogP contribution in [-0.2, 0) is 10.0 Å². The Morgan fingerprint density at radius 1 is 1.37 bits per heavy atom. The Morgan fingerprint density at radius 3 is 2.63 bits per heavy atom. The average molecular weight is 281 g/mol. The molecule has 0 aliphatic carbocycles. The summed E-state index contributed by atoms with van der Waals surface area (Å²) in [6.07, 6.45) is 0.763. The molecule has 104 valence electrons. The molecule has 1 aromatic carbocycles. The number of aryl methyl sites for hydroxylation is 1. The molecule has 0 aliphatic heterocycles. The molecular formula is C14H19NO3S. The van der Waals surface area contributed by atoms with Crippen molar-refractivity contribution in [1.82, 2.24) is 4.31 Å². The molecule has 0 saturated heterocycles. The monoisotopic (exact) mass is 281 g/mol. The first-order chi connectivity index (χ1) is 8.93. The van der Waals surface area contributed by atoms with E-state index in [0.717, 1.165) is 6.42 Å². The first-order valence-electron chi connectivity index (χ1n) is 6.10. The second kappa shape index (κ2) is 6.71. The van der Waals surface area contributed by atoms with E-state index in [1.165, 1.54) is 4.31 Å². The molecule has 0 radical (unpaired) electrons. The van der Waals surface area contributed by atoms with Gasteiger partial charge in [-0.25, -0.2) is 12.7 Å². The van der Waals surface area contributed by atoms with Crippen LogP contribution in [0, 0.1) is 18.8 Å². The van der Waals surface area contributed by atoms with Gasteiger partial charge in [0.2, 0.25) is 10.0 Å². The molecule has 0 saturated carbocycles. The van der Waals surface area contributed by atoms with Gasteiger partial charge in [-0.2, -0.15) is 0 Å². The summed E-state index contributed by atoms with van der Waals surface area (Å²) in [6.45, 7) is 3.93. The van der Waals surface area contributed by atoms with Crippen LogP contribution in [0.5, 0.6) is 0 Å². The molecule has 0 aromatic heterocycles. The number of benzene rings is 1. The first kappa shape index (κ1) is 15.7. The molecule has 0 fully saturated rings. The van der Waals surface area contributed by atoms with Gasteiger partial charge < -0.3 is 5.11 Å². The largest absolute Gasteiger partial charge is 0.384 e. The number of nitrogens with zero attached hydrogens (tertiary/aromatic N) is 1. The Labute approximate surface area is 115 Å². The molecule has 0 unspecified atom stereocenters. The van der Waals surface area contributed by atoms with Gasteiger partial charge in [0.05, 0.1) is 4.90 Å². The quantitative estimate of drug-likeness (QED) is 0.848. The lowest BCUT2D eigenvalue weighted by Crippen LogP contribution is -2.28. The van der Waals surface area contributed by atoms with Crippen molar-refractivity contribution < 1.29 is 13.5 Å². The summed E-state index contributed by atoms with van der Waals surface area (Å²) < 4.78 is 26.1. The highest BCUT2D eigenvalue weighted by atomic mass is 32.2. The van der Waals surface area contributed by atoms with Gasteiger partial charge in [-0.05, 0) is 31.0 Å².